The number of likely N-dealkylation sites (tertiary alicyclic amines) is 2. The Morgan fingerprint density at radius 2 is 1.56 bits per heavy atom. The van der Waals surface area contributed by atoms with Gasteiger partial charge in [0.1, 0.15) is 17.4 Å². The fourth-order valence-corrected chi connectivity index (χ4v) is 5.49. The predicted octanol–water partition coefficient (Wildman–Crippen LogP) is 3.99. The molecule has 1 N–H and O–H groups in total. The van der Waals surface area contributed by atoms with Crippen LogP contribution in [-0.2, 0) is 6.42 Å². The Hall–Kier alpha value is -4.60. The van der Waals surface area contributed by atoms with Gasteiger partial charge in [-0.05, 0) is 48.0 Å². The number of H-pyrrole nitrogens is 1. The minimum Gasteiger partial charge on any atom is -0.410 e. The van der Waals surface area contributed by atoms with Gasteiger partial charge in [0.15, 0.2) is 0 Å². The van der Waals surface area contributed by atoms with E-state index >= 15 is 0 Å². The summed E-state index contributed by atoms with van der Waals surface area (Å²) in [7, 11) is 0. The largest absolute Gasteiger partial charge is 0.415 e. The van der Waals surface area contributed by atoms with E-state index < -0.39 is 23.6 Å². The van der Waals surface area contributed by atoms with Gasteiger partial charge in [0, 0.05) is 49.8 Å². The van der Waals surface area contributed by atoms with Crippen LogP contribution in [-0.4, -0.2) is 58.2 Å². The normalized spacial score (nSPS) is 18.4. The van der Waals surface area contributed by atoms with Crippen molar-refractivity contribution in [2.75, 3.05) is 26.2 Å². The molecule has 2 saturated heterocycles. The van der Waals surface area contributed by atoms with Gasteiger partial charge in [-0.3, -0.25) is 9.59 Å². The maximum Gasteiger partial charge on any atom is 0.415 e. The molecule has 0 saturated carbocycles. The third kappa shape index (κ3) is 4.85. The van der Waals surface area contributed by atoms with E-state index in [1.165, 1.54) is 30.3 Å². The zero-order valence-corrected chi connectivity index (χ0v) is 20.8. The number of benzene rings is 3. The second-order valence-electron chi connectivity index (χ2n) is 9.99. The van der Waals surface area contributed by atoms with E-state index in [9.17, 15) is 23.2 Å². The number of carbonyl (C=O) groups excluding carboxylic acids is 2. The first-order valence-electron chi connectivity index (χ1n) is 12.6. The Morgan fingerprint density at radius 3 is 2.28 bits per heavy atom. The van der Waals surface area contributed by atoms with Crippen molar-refractivity contribution in [1.29, 1.82) is 0 Å². The number of amides is 2. The van der Waals surface area contributed by atoms with E-state index in [-0.39, 0.29) is 28.7 Å². The first-order chi connectivity index (χ1) is 18.9. The topological polar surface area (TPSA) is 95.6 Å². The zero-order valence-electron chi connectivity index (χ0n) is 20.8. The van der Waals surface area contributed by atoms with Crippen molar-refractivity contribution in [3.05, 3.63) is 106 Å². The second kappa shape index (κ2) is 9.94. The van der Waals surface area contributed by atoms with E-state index in [1.54, 1.807) is 34.1 Å². The molecule has 0 aliphatic carbocycles. The average Bonchev–Trinajstić information content (AvgIpc) is 3.52. The lowest BCUT2D eigenvalue weighted by Gasteiger charge is -2.22. The number of carbonyl (C=O) groups is 2. The summed E-state index contributed by atoms with van der Waals surface area (Å²) in [5.41, 5.74) is 1.01. The molecule has 2 aliphatic rings. The fraction of sp³-hybridized carbons (Fsp3) is 0.241. The summed E-state index contributed by atoms with van der Waals surface area (Å²) in [5, 5.41) is 7.90. The smallest absolute Gasteiger partial charge is 0.410 e. The number of nitrogens with one attached hydrogen (secondary N) is 1. The van der Waals surface area contributed by atoms with Crippen molar-refractivity contribution in [2.24, 2.45) is 11.8 Å². The van der Waals surface area contributed by atoms with Gasteiger partial charge in [-0.2, -0.15) is 5.10 Å². The SMILES string of the molecule is O=C(Oc1ccc(F)cc1)N1CC2CN(C(=O)c3cc(Cc4n[nH]c(=O)c5ccccc45)ccc3F)CC2C1. The molecule has 39 heavy (non-hydrogen) atoms. The first-order valence-corrected chi connectivity index (χ1v) is 12.6. The summed E-state index contributed by atoms with van der Waals surface area (Å²) >= 11 is 0. The van der Waals surface area contributed by atoms with Crippen LogP contribution in [0.5, 0.6) is 5.75 Å². The average molecular weight is 531 g/mol. The van der Waals surface area contributed by atoms with Gasteiger partial charge in [0.05, 0.1) is 16.6 Å². The Bertz CT molecular complexity index is 1620. The van der Waals surface area contributed by atoms with Crippen molar-refractivity contribution in [3.8, 4) is 5.75 Å². The van der Waals surface area contributed by atoms with Crippen LogP contribution >= 0.6 is 0 Å². The van der Waals surface area contributed by atoms with Crippen LogP contribution in [0, 0.1) is 23.5 Å². The highest BCUT2D eigenvalue weighted by Gasteiger charge is 2.44. The molecule has 4 aromatic rings. The molecule has 2 atom stereocenters. The molecular formula is C29H24F2N4O4. The van der Waals surface area contributed by atoms with E-state index in [1.807, 2.05) is 12.1 Å². The van der Waals surface area contributed by atoms with E-state index in [2.05, 4.69) is 10.2 Å². The molecule has 0 spiro atoms. The highest BCUT2D eigenvalue weighted by Crippen LogP contribution is 2.33. The molecule has 2 aliphatic heterocycles. The van der Waals surface area contributed by atoms with Crippen molar-refractivity contribution < 1.29 is 23.1 Å². The number of hydrogen-bond donors (Lipinski definition) is 1. The number of aromatic nitrogens is 2. The molecule has 2 unspecified atom stereocenters. The molecule has 3 aromatic carbocycles. The molecule has 2 fully saturated rings. The number of fused-ring (bicyclic) bond motifs is 2. The summed E-state index contributed by atoms with van der Waals surface area (Å²) in [6.07, 6.45) is -0.204. The molecule has 3 heterocycles. The number of ether oxygens (including phenoxy) is 1. The number of aromatic amines is 1. The third-order valence-corrected chi connectivity index (χ3v) is 7.46. The van der Waals surface area contributed by atoms with Gasteiger partial charge in [-0.15, -0.1) is 0 Å². The Kier molecular flexibility index (Phi) is 6.30. The minimum absolute atomic E-state index is 0.0196. The van der Waals surface area contributed by atoms with Crippen LogP contribution in [0.3, 0.4) is 0 Å². The molecule has 1 aromatic heterocycles. The van der Waals surface area contributed by atoms with Crippen molar-refractivity contribution in [3.63, 3.8) is 0 Å². The monoisotopic (exact) mass is 530 g/mol. The molecule has 0 bridgehead atoms. The summed E-state index contributed by atoms with van der Waals surface area (Å²) in [4.78, 5) is 41.2. The molecule has 198 valence electrons. The van der Waals surface area contributed by atoms with E-state index in [0.717, 1.165) is 0 Å². The maximum absolute atomic E-state index is 14.8. The first kappa shape index (κ1) is 24.7. The predicted molar refractivity (Wildman–Crippen MR) is 138 cm³/mol. The zero-order chi connectivity index (χ0) is 27.1. The van der Waals surface area contributed by atoms with Crippen molar-refractivity contribution in [1.82, 2.24) is 20.0 Å². The Morgan fingerprint density at radius 1 is 0.897 bits per heavy atom. The Labute approximate surface area is 221 Å². The highest BCUT2D eigenvalue weighted by molar-refractivity contribution is 5.95. The molecule has 10 heteroatoms. The maximum atomic E-state index is 14.8. The molecule has 6 rings (SSSR count). The molecule has 0 radical (unpaired) electrons. The summed E-state index contributed by atoms with van der Waals surface area (Å²) in [5.74, 6) is -1.06. The minimum atomic E-state index is -0.607. The van der Waals surface area contributed by atoms with E-state index in [4.69, 9.17) is 4.74 Å². The lowest BCUT2D eigenvalue weighted by molar-refractivity contribution is 0.0770. The van der Waals surface area contributed by atoms with Gasteiger partial charge in [0.2, 0.25) is 0 Å². The summed E-state index contributed by atoms with van der Waals surface area (Å²) in [6, 6.07) is 16.8. The van der Waals surface area contributed by atoms with Crippen LogP contribution in [0.4, 0.5) is 13.6 Å². The van der Waals surface area contributed by atoms with Crippen molar-refractivity contribution in [2.45, 2.75) is 6.42 Å². The van der Waals surface area contributed by atoms with Gasteiger partial charge in [-0.1, -0.05) is 24.3 Å². The number of halogens is 2. The number of rotatable bonds is 4. The van der Waals surface area contributed by atoms with Crippen LogP contribution in [0.1, 0.15) is 21.6 Å². The quantitative estimate of drug-likeness (QED) is 0.431. The van der Waals surface area contributed by atoms with Crippen LogP contribution in [0.2, 0.25) is 0 Å². The summed E-state index contributed by atoms with van der Waals surface area (Å²) in [6.45, 7) is 1.64. The Balaban J connectivity index is 1.13. The van der Waals surface area contributed by atoms with Gasteiger partial charge < -0.3 is 14.5 Å². The van der Waals surface area contributed by atoms with Crippen LogP contribution in [0.25, 0.3) is 10.8 Å². The van der Waals surface area contributed by atoms with E-state index in [0.29, 0.717) is 54.6 Å². The molecule has 2 amide bonds. The van der Waals surface area contributed by atoms with Gasteiger partial charge in [0.25, 0.3) is 11.5 Å². The van der Waals surface area contributed by atoms with Crippen molar-refractivity contribution >= 4 is 22.8 Å². The highest BCUT2D eigenvalue weighted by atomic mass is 19.1. The van der Waals surface area contributed by atoms with Crippen LogP contribution < -0.4 is 10.3 Å². The number of hydrogen-bond acceptors (Lipinski definition) is 5. The van der Waals surface area contributed by atoms with Gasteiger partial charge in [-0.25, -0.2) is 18.7 Å². The lowest BCUT2D eigenvalue weighted by atomic mass is 10.0. The molecular weight excluding hydrogens is 506 g/mol. The lowest BCUT2D eigenvalue weighted by Crippen LogP contribution is -2.37. The third-order valence-electron chi connectivity index (χ3n) is 7.46. The summed E-state index contributed by atoms with van der Waals surface area (Å²) < 4.78 is 33.2. The van der Waals surface area contributed by atoms with Crippen LogP contribution in [0.15, 0.2) is 71.5 Å². The molecule has 8 nitrogen and oxygen atoms in total. The fourth-order valence-electron chi connectivity index (χ4n) is 5.49. The van der Waals surface area contributed by atoms with Gasteiger partial charge >= 0.3 is 6.09 Å². The number of nitrogens with zero attached hydrogens (tertiary/aromatic N) is 3. The second-order valence-corrected chi connectivity index (χ2v) is 9.99. The standard InChI is InChI=1S/C29H24F2N4O4/c30-20-6-8-21(9-7-20)39-29(38)35-15-18-13-34(14-19(18)16-35)28(37)24-11-17(5-10-25(24)31)12-26-22-3-1-2-4-23(22)27(36)33-32-26/h1-11,18-19H,12-16H2,(H,33,36).